The first-order valence-electron chi connectivity index (χ1n) is 7.55. The number of amides is 1. The smallest absolute Gasteiger partial charge is 0.256 e. The van der Waals surface area contributed by atoms with Crippen LogP contribution in [0.25, 0.3) is 0 Å². The van der Waals surface area contributed by atoms with Gasteiger partial charge in [-0.3, -0.25) is 9.69 Å². The summed E-state index contributed by atoms with van der Waals surface area (Å²) >= 11 is 1.15. The molecule has 0 saturated heterocycles. The van der Waals surface area contributed by atoms with E-state index in [-0.39, 0.29) is 11.9 Å². The van der Waals surface area contributed by atoms with Gasteiger partial charge in [-0.25, -0.2) is 0 Å². The average Bonchev–Trinajstić information content (AvgIpc) is 3.28. The van der Waals surface area contributed by atoms with Gasteiger partial charge in [0.25, 0.3) is 5.91 Å². The second-order valence-electron chi connectivity index (χ2n) is 5.54. The number of hydrogen-bond donors (Lipinski definition) is 1. The van der Waals surface area contributed by atoms with Crippen LogP contribution in [-0.2, 0) is 6.54 Å². The molecule has 2 heterocycles. The van der Waals surface area contributed by atoms with Gasteiger partial charge < -0.3 is 9.73 Å². The Morgan fingerprint density at radius 3 is 2.96 bits per heavy atom. The molecule has 0 radical (unpaired) electrons. The second kappa shape index (κ2) is 7.37. The number of nitrogens with one attached hydrogen (secondary N) is 1. The topological polar surface area (TPSA) is 71.3 Å². The number of carbonyl (C=O) groups is 1. The molecular formula is C17H18N4O2S. The van der Waals surface area contributed by atoms with Crippen LogP contribution in [0.1, 0.15) is 34.6 Å². The van der Waals surface area contributed by atoms with Crippen LogP contribution in [0.15, 0.2) is 53.3 Å². The molecule has 0 saturated carbocycles. The third kappa shape index (κ3) is 3.87. The number of anilines is 1. The molecule has 0 unspecified atom stereocenters. The zero-order valence-corrected chi connectivity index (χ0v) is 14.3. The number of aromatic nitrogens is 2. The van der Waals surface area contributed by atoms with Crippen molar-refractivity contribution >= 4 is 22.4 Å². The summed E-state index contributed by atoms with van der Waals surface area (Å²) in [5.41, 5.74) is 1.67. The maximum absolute atomic E-state index is 12.3. The summed E-state index contributed by atoms with van der Waals surface area (Å²) in [7, 11) is 2.03. The Morgan fingerprint density at radius 2 is 2.25 bits per heavy atom. The standard InChI is InChI=1S/C17H18N4O2S/c1-12(15-7-4-8-23-15)21(2)11-13-5-3-6-14(9-13)17(22)19-16-10-18-20-24-16/h3-10,12H,11H2,1-2H3,(H,19,22)/t12-/m1/s1. The Bertz CT molecular complexity index is 787. The molecule has 7 heteroatoms. The van der Waals surface area contributed by atoms with Crippen molar-refractivity contribution < 1.29 is 9.21 Å². The summed E-state index contributed by atoms with van der Waals surface area (Å²) in [6.07, 6.45) is 3.21. The van der Waals surface area contributed by atoms with Gasteiger partial charge in [-0.15, -0.1) is 5.10 Å². The fourth-order valence-electron chi connectivity index (χ4n) is 2.39. The zero-order valence-electron chi connectivity index (χ0n) is 13.5. The Hall–Kier alpha value is -2.51. The molecule has 1 amide bonds. The van der Waals surface area contributed by atoms with E-state index in [1.54, 1.807) is 12.3 Å². The van der Waals surface area contributed by atoms with Gasteiger partial charge in [0.1, 0.15) is 10.8 Å². The highest BCUT2D eigenvalue weighted by Crippen LogP contribution is 2.21. The van der Waals surface area contributed by atoms with E-state index < -0.39 is 0 Å². The quantitative estimate of drug-likeness (QED) is 0.741. The molecule has 1 N–H and O–H groups in total. The summed E-state index contributed by atoms with van der Waals surface area (Å²) in [5.74, 6) is 0.758. The van der Waals surface area contributed by atoms with Crippen LogP contribution in [0, 0.1) is 0 Å². The third-order valence-corrected chi connectivity index (χ3v) is 4.42. The van der Waals surface area contributed by atoms with Crippen molar-refractivity contribution in [1.82, 2.24) is 14.5 Å². The van der Waals surface area contributed by atoms with Crippen molar-refractivity contribution in [3.8, 4) is 0 Å². The Morgan fingerprint density at radius 1 is 1.38 bits per heavy atom. The van der Waals surface area contributed by atoms with Crippen molar-refractivity contribution in [3.05, 3.63) is 65.7 Å². The molecule has 0 aliphatic heterocycles. The van der Waals surface area contributed by atoms with E-state index in [9.17, 15) is 4.79 Å². The SMILES string of the molecule is C[C@H](c1ccco1)N(C)Cc1cccc(C(=O)Nc2cnns2)c1. The van der Waals surface area contributed by atoms with E-state index in [1.165, 1.54) is 6.20 Å². The molecule has 0 fully saturated rings. The van der Waals surface area contributed by atoms with Crippen molar-refractivity contribution in [2.24, 2.45) is 0 Å². The van der Waals surface area contributed by atoms with E-state index in [2.05, 4.69) is 26.7 Å². The van der Waals surface area contributed by atoms with Gasteiger partial charge in [0.2, 0.25) is 0 Å². The summed E-state index contributed by atoms with van der Waals surface area (Å²) in [6.45, 7) is 2.80. The number of benzene rings is 1. The van der Waals surface area contributed by atoms with E-state index in [0.29, 0.717) is 17.1 Å². The van der Waals surface area contributed by atoms with Gasteiger partial charge >= 0.3 is 0 Å². The van der Waals surface area contributed by atoms with Crippen LogP contribution >= 0.6 is 11.5 Å². The highest BCUT2D eigenvalue weighted by Gasteiger charge is 2.15. The maximum Gasteiger partial charge on any atom is 0.256 e. The number of carbonyl (C=O) groups excluding carboxylic acids is 1. The molecule has 2 aromatic heterocycles. The largest absolute Gasteiger partial charge is 0.468 e. The Balaban J connectivity index is 1.67. The summed E-state index contributed by atoms with van der Waals surface area (Å²) in [4.78, 5) is 14.5. The lowest BCUT2D eigenvalue weighted by Gasteiger charge is -2.23. The fourth-order valence-corrected chi connectivity index (χ4v) is 2.80. The minimum absolute atomic E-state index is 0.153. The molecule has 3 aromatic rings. The van der Waals surface area contributed by atoms with Gasteiger partial charge in [0.15, 0.2) is 0 Å². The number of rotatable bonds is 6. The molecule has 0 aliphatic carbocycles. The van der Waals surface area contributed by atoms with Crippen LogP contribution < -0.4 is 5.32 Å². The summed E-state index contributed by atoms with van der Waals surface area (Å²) < 4.78 is 9.19. The van der Waals surface area contributed by atoms with Gasteiger partial charge in [0, 0.05) is 23.6 Å². The lowest BCUT2D eigenvalue weighted by molar-refractivity contribution is 0.102. The fraction of sp³-hybridized carbons (Fsp3) is 0.235. The zero-order chi connectivity index (χ0) is 16.9. The molecule has 1 aromatic carbocycles. The van der Waals surface area contributed by atoms with Crippen molar-refractivity contribution in [2.45, 2.75) is 19.5 Å². The third-order valence-electron chi connectivity index (χ3n) is 3.84. The summed E-state index contributed by atoms with van der Waals surface area (Å²) in [6, 6.07) is 11.6. The van der Waals surface area contributed by atoms with Crippen molar-refractivity contribution in [3.63, 3.8) is 0 Å². The van der Waals surface area contributed by atoms with Crippen molar-refractivity contribution in [2.75, 3.05) is 12.4 Å². The first-order valence-corrected chi connectivity index (χ1v) is 8.32. The average molecular weight is 342 g/mol. The van der Waals surface area contributed by atoms with E-state index in [1.807, 2.05) is 37.4 Å². The van der Waals surface area contributed by atoms with E-state index in [0.717, 1.165) is 22.9 Å². The van der Waals surface area contributed by atoms with Crippen LogP contribution in [-0.4, -0.2) is 27.4 Å². The molecule has 1 atom stereocenters. The first-order chi connectivity index (χ1) is 11.6. The molecule has 124 valence electrons. The lowest BCUT2D eigenvalue weighted by atomic mass is 10.1. The van der Waals surface area contributed by atoms with Crippen LogP contribution in [0.2, 0.25) is 0 Å². The van der Waals surface area contributed by atoms with Gasteiger partial charge in [-0.05, 0) is 43.8 Å². The molecule has 24 heavy (non-hydrogen) atoms. The summed E-state index contributed by atoms with van der Waals surface area (Å²) in [5, 5.41) is 7.13. The molecule has 6 nitrogen and oxygen atoms in total. The molecule has 0 spiro atoms. The molecule has 0 bridgehead atoms. The van der Waals surface area contributed by atoms with Crippen LogP contribution in [0.4, 0.5) is 5.00 Å². The Kier molecular flexibility index (Phi) is 5.02. The predicted octanol–water partition coefficient (Wildman–Crippen LogP) is 3.58. The number of furan rings is 1. The monoisotopic (exact) mass is 342 g/mol. The van der Waals surface area contributed by atoms with Crippen molar-refractivity contribution in [1.29, 1.82) is 0 Å². The normalized spacial score (nSPS) is 12.3. The number of nitrogens with zero attached hydrogens (tertiary/aromatic N) is 3. The number of hydrogen-bond acceptors (Lipinski definition) is 6. The van der Waals surface area contributed by atoms with Gasteiger partial charge in [0.05, 0.1) is 18.5 Å². The maximum atomic E-state index is 12.3. The van der Waals surface area contributed by atoms with Crippen LogP contribution in [0.3, 0.4) is 0 Å². The highest BCUT2D eigenvalue weighted by atomic mass is 32.1. The van der Waals surface area contributed by atoms with Gasteiger partial charge in [-0.2, -0.15) is 0 Å². The minimum Gasteiger partial charge on any atom is -0.468 e. The molecular weight excluding hydrogens is 324 g/mol. The van der Waals surface area contributed by atoms with Gasteiger partial charge in [-0.1, -0.05) is 16.6 Å². The van der Waals surface area contributed by atoms with Crippen LogP contribution in [0.5, 0.6) is 0 Å². The highest BCUT2D eigenvalue weighted by molar-refractivity contribution is 7.10. The van der Waals surface area contributed by atoms with E-state index in [4.69, 9.17) is 4.42 Å². The Labute approximate surface area is 144 Å². The first kappa shape index (κ1) is 16.4. The minimum atomic E-state index is -0.162. The second-order valence-corrected chi connectivity index (χ2v) is 6.33. The lowest BCUT2D eigenvalue weighted by Crippen LogP contribution is -2.22. The predicted molar refractivity (Wildman–Crippen MR) is 92.9 cm³/mol. The molecule has 3 rings (SSSR count). The van der Waals surface area contributed by atoms with E-state index >= 15 is 0 Å². The molecule has 0 aliphatic rings.